The van der Waals surface area contributed by atoms with Crippen molar-refractivity contribution in [3.63, 3.8) is 0 Å². The fraction of sp³-hybridized carbons (Fsp3) is 0.360. The number of carbonyl (C=O) groups is 1. The average molecular weight is 463 g/mol. The number of benzene rings is 2. The lowest BCUT2D eigenvalue weighted by molar-refractivity contribution is -0.137. The summed E-state index contributed by atoms with van der Waals surface area (Å²) in [5, 5.41) is 31.0. The van der Waals surface area contributed by atoms with Crippen molar-refractivity contribution in [3.8, 4) is 17.1 Å². The zero-order valence-electron chi connectivity index (χ0n) is 19.4. The van der Waals surface area contributed by atoms with Crippen LogP contribution < -0.4 is 0 Å². The summed E-state index contributed by atoms with van der Waals surface area (Å²) in [6, 6.07) is 15.7. The molecule has 4 rings (SSSR count). The van der Waals surface area contributed by atoms with Gasteiger partial charge in [0.25, 0.3) is 0 Å². The van der Waals surface area contributed by atoms with E-state index in [1.54, 1.807) is 12.1 Å². The first kappa shape index (κ1) is 23.6. The molecule has 0 aliphatic carbocycles. The summed E-state index contributed by atoms with van der Waals surface area (Å²) in [5.74, 6) is -0.395. The van der Waals surface area contributed by atoms with Crippen LogP contribution in [0.5, 0.6) is 5.75 Å². The molecule has 0 spiro atoms. The number of hydrogen-bond acceptors (Lipinski definition) is 7. The number of aromatic hydroxyl groups is 1. The van der Waals surface area contributed by atoms with Crippen molar-refractivity contribution in [1.82, 2.24) is 30.0 Å². The van der Waals surface area contributed by atoms with Crippen LogP contribution in [0.4, 0.5) is 0 Å². The lowest BCUT2D eigenvalue weighted by Gasteiger charge is -2.47. The van der Waals surface area contributed by atoms with Gasteiger partial charge < -0.3 is 10.2 Å². The quantitative estimate of drug-likeness (QED) is 0.492. The maximum absolute atomic E-state index is 11.2. The number of nitrogens with zero attached hydrogens (tertiary/aromatic N) is 6. The molecule has 0 bridgehead atoms. The number of tetrazole rings is 1. The first-order valence-corrected chi connectivity index (χ1v) is 11.3. The Kier molecular flexibility index (Phi) is 7.04. The zero-order valence-corrected chi connectivity index (χ0v) is 19.4. The average Bonchev–Trinajstić information content (AvgIpc) is 3.25. The first-order valence-electron chi connectivity index (χ1n) is 11.3. The number of piperazine rings is 1. The number of carboxylic acid groups (broad SMARTS) is 1. The number of hydrogen-bond donors (Lipinski definition) is 2. The molecule has 2 heterocycles. The molecule has 0 saturated carbocycles. The van der Waals surface area contributed by atoms with Crippen molar-refractivity contribution in [2.75, 3.05) is 19.6 Å². The minimum atomic E-state index is -1.01. The third-order valence-corrected chi connectivity index (χ3v) is 6.32. The third-order valence-electron chi connectivity index (χ3n) is 6.32. The number of aromatic nitrogens is 4. The van der Waals surface area contributed by atoms with Gasteiger partial charge in [-0.2, -0.15) is 0 Å². The first-order chi connectivity index (χ1) is 16.4. The summed E-state index contributed by atoms with van der Waals surface area (Å²) in [4.78, 5) is 16.1. The van der Waals surface area contributed by atoms with Crippen molar-refractivity contribution >= 4 is 5.97 Å². The molecule has 2 N–H and O–H groups in total. The highest BCUT2D eigenvalue weighted by molar-refractivity contribution is 5.68. The molecule has 2 aromatic carbocycles. The summed E-state index contributed by atoms with van der Waals surface area (Å²) in [6.07, 6.45) is 1.94. The van der Waals surface area contributed by atoms with Gasteiger partial charge in [0.15, 0.2) is 5.82 Å². The molecule has 1 saturated heterocycles. The Hall–Kier alpha value is -3.56. The van der Waals surface area contributed by atoms with Crippen molar-refractivity contribution in [3.05, 3.63) is 72.3 Å². The van der Waals surface area contributed by atoms with E-state index in [9.17, 15) is 15.0 Å². The highest BCUT2D eigenvalue weighted by Crippen LogP contribution is 2.35. The largest absolute Gasteiger partial charge is 0.508 e. The monoisotopic (exact) mass is 462 g/mol. The Bertz CT molecular complexity index is 1160. The van der Waals surface area contributed by atoms with Crippen molar-refractivity contribution in [2.45, 2.75) is 38.5 Å². The van der Waals surface area contributed by atoms with E-state index in [0.717, 1.165) is 36.3 Å². The van der Waals surface area contributed by atoms with Crippen LogP contribution in [-0.2, 0) is 11.3 Å². The van der Waals surface area contributed by atoms with E-state index in [1.807, 2.05) is 36.4 Å². The van der Waals surface area contributed by atoms with Gasteiger partial charge in [0.1, 0.15) is 12.3 Å². The van der Waals surface area contributed by atoms with Crippen LogP contribution in [0.25, 0.3) is 11.4 Å². The molecule has 9 heteroatoms. The molecule has 9 nitrogen and oxygen atoms in total. The summed E-state index contributed by atoms with van der Waals surface area (Å²) < 4.78 is 1.28. The normalized spacial score (nSPS) is 20.2. The SMILES string of the molecule is C=CCN1C[C@H](C)N([C@@H](c2cccc(O)c2)c2cccc(-c3nnnn3CC(=O)O)c2)C[C@H]1C. The van der Waals surface area contributed by atoms with Crippen LogP contribution in [0.1, 0.15) is 31.0 Å². The molecular formula is C25H30N6O3. The summed E-state index contributed by atoms with van der Waals surface area (Å²) in [7, 11) is 0. The molecule has 178 valence electrons. The van der Waals surface area contributed by atoms with Crippen LogP contribution in [0.2, 0.25) is 0 Å². The highest BCUT2D eigenvalue weighted by Gasteiger charge is 2.34. The Balaban J connectivity index is 1.75. The van der Waals surface area contributed by atoms with Gasteiger partial charge in [-0.25, -0.2) is 4.68 Å². The fourth-order valence-electron chi connectivity index (χ4n) is 4.77. The van der Waals surface area contributed by atoms with Gasteiger partial charge in [-0.1, -0.05) is 36.4 Å². The van der Waals surface area contributed by atoms with E-state index < -0.39 is 5.97 Å². The number of aliphatic carboxylic acids is 1. The van der Waals surface area contributed by atoms with Crippen LogP contribution in [0, 0.1) is 0 Å². The van der Waals surface area contributed by atoms with Gasteiger partial charge in [-0.05, 0) is 53.6 Å². The molecule has 0 amide bonds. The van der Waals surface area contributed by atoms with Crippen molar-refractivity contribution in [2.24, 2.45) is 0 Å². The number of phenolic OH excluding ortho intramolecular Hbond substituents is 1. The maximum atomic E-state index is 11.2. The molecule has 0 radical (unpaired) electrons. The second-order valence-electron chi connectivity index (χ2n) is 8.81. The topological polar surface area (TPSA) is 108 Å². The van der Waals surface area contributed by atoms with Crippen LogP contribution >= 0.6 is 0 Å². The Morgan fingerprint density at radius 2 is 1.88 bits per heavy atom. The predicted molar refractivity (Wildman–Crippen MR) is 128 cm³/mol. The number of phenols is 1. The Labute approximate surface area is 198 Å². The van der Waals surface area contributed by atoms with Crippen LogP contribution in [0.15, 0.2) is 61.2 Å². The summed E-state index contributed by atoms with van der Waals surface area (Å²) in [6.45, 7) is 10.6. The lowest BCUT2D eigenvalue weighted by Crippen LogP contribution is -2.57. The van der Waals surface area contributed by atoms with E-state index >= 15 is 0 Å². The Morgan fingerprint density at radius 1 is 1.15 bits per heavy atom. The van der Waals surface area contributed by atoms with Gasteiger partial charge in [0.2, 0.25) is 0 Å². The number of rotatable bonds is 8. The minimum absolute atomic E-state index is 0.112. The van der Waals surface area contributed by atoms with E-state index in [-0.39, 0.29) is 24.4 Å². The zero-order chi connectivity index (χ0) is 24.2. The molecule has 1 aliphatic heterocycles. The molecular weight excluding hydrogens is 432 g/mol. The smallest absolute Gasteiger partial charge is 0.325 e. The third kappa shape index (κ3) is 5.00. The van der Waals surface area contributed by atoms with Gasteiger partial charge >= 0.3 is 5.97 Å². The maximum Gasteiger partial charge on any atom is 0.325 e. The molecule has 1 aliphatic rings. The molecule has 1 aromatic heterocycles. The Morgan fingerprint density at radius 3 is 2.59 bits per heavy atom. The van der Waals surface area contributed by atoms with Crippen LogP contribution in [-0.4, -0.2) is 77.9 Å². The van der Waals surface area contributed by atoms with E-state index in [2.05, 4.69) is 51.8 Å². The van der Waals surface area contributed by atoms with E-state index in [4.69, 9.17) is 0 Å². The summed E-state index contributed by atoms with van der Waals surface area (Å²) in [5.41, 5.74) is 2.74. The van der Waals surface area contributed by atoms with Gasteiger partial charge in [0, 0.05) is 37.3 Å². The van der Waals surface area contributed by atoms with Gasteiger partial charge in [-0.15, -0.1) is 11.7 Å². The van der Waals surface area contributed by atoms with E-state index in [0.29, 0.717) is 11.9 Å². The fourth-order valence-corrected chi connectivity index (χ4v) is 4.77. The van der Waals surface area contributed by atoms with Crippen molar-refractivity contribution in [1.29, 1.82) is 0 Å². The second kappa shape index (κ2) is 10.1. The standard InChI is InChI=1S/C25H30N6O3/c1-4-11-29-14-18(3)30(15-17(29)2)24(20-8-6-10-22(32)13-20)19-7-5-9-21(12-19)25-26-27-28-31(25)16-23(33)34/h4-10,12-13,17-18,24,32H,1,11,14-16H2,2-3H3,(H,33,34)/t17-,18+,24-/m1/s1. The highest BCUT2D eigenvalue weighted by atomic mass is 16.4. The second-order valence-corrected chi connectivity index (χ2v) is 8.81. The minimum Gasteiger partial charge on any atom is -0.508 e. The van der Waals surface area contributed by atoms with Crippen molar-refractivity contribution < 1.29 is 15.0 Å². The lowest BCUT2D eigenvalue weighted by atomic mass is 9.92. The summed E-state index contributed by atoms with van der Waals surface area (Å²) >= 11 is 0. The molecule has 3 aromatic rings. The molecule has 1 fully saturated rings. The molecule has 3 atom stereocenters. The molecule has 0 unspecified atom stereocenters. The van der Waals surface area contributed by atoms with Gasteiger partial charge in [-0.3, -0.25) is 14.6 Å². The number of carboxylic acids is 1. The van der Waals surface area contributed by atoms with E-state index in [1.165, 1.54) is 4.68 Å². The van der Waals surface area contributed by atoms with Gasteiger partial charge in [0.05, 0.1) is 6.04 Å². The predicted octanol–water partition coefficient (Wildman–Crippen LogP) is 2.80. The van der Waals surface area contributed by atoms with Crippen LogP contribution in [0.3, 0.4) is 0 Å². The molecule has 34 heavy (non-hydrogen) atoms.